The molecular formula is C14H17ClN2O3. The first-order valence-corrected chi connectivity index (χ1v) is 6.90. The second-order valence-electron chi connectivity index (χ2n) is 4.69. The zero-order valence-corrected chi connectivity index (χ0v) is 12.2. The predicted molar refractivity (Wildman–Crippen MR) is 77.0 cm³/mol. The van der Waals surface area contributed by atoms with E-state index < -0.39 is 6.04 Å². The molecule has 1 aliphatic heterocycles. The van der Waals surface area contributed by atoms with E-state index in [4.69, 9.17) is 16.3 Å². The molecule has 0 spiro atoms. The number of rotatable bonds is 5. The van der Waals surface area contributed by atoms with Gasteiger partial charge in [0.25, 0.3) is 5.91 Å². The zero-order valence-electron chi connectivity index (χ0n) is 11.5. The van der Waals surface area contributed by atoms with Gasteiger partial charge in [0.2, 0.25) is 5.91 Å². The molecule has 0 radical (unpaired) electrons. The van der Waals surface area contributed by atoms with Crippen molar-refractivity contribution >= 4 is 29.1 Å². The van der Waals surface area contributed by atoms with Crippen molar-refractivity contribution in [3.8, 4) is 5.75 Å². The third kappa shape index (κ3) is 3.04. The SMILES string of the molecule is CCCOc1ccc(NC2CC(=O)N(C)C2=O)cc1Cl. The van der Waals surface area contributed by atoms with Crippen LogP contribution in [-0.2, 0) is 9.59 Å². The number of carbonyl (C=O) groups excluding carboxylic acids is 2. The summed E-state index contributed by atoms with van der Waals surface area (Å²) < 4.78 is 5.48. The van der Waals surface area contributed by atoms with Gasteiger partial charge >= 0.3 is 0 Å². The van der Waals surface area contributed by atoms with Gasteiger partial charge < -0.3 is 10.1 Å². The number of imide groups is 1. The first-order chi connectivity index (χ1) is 9.52. The van der Waals surface area contributed by atoms with Crippen LogP contribution in [0.2, 0.25) is 5.02 Å². The fraction of sp³-hybridized carbons (Fsp3) is 0.429. The summed E-state index contributed by atoms with van der Waals surface area (Å²) in [5.74, 6) is 0.212. The van der Waals surface area contributed by atoms with Crippen molar-refractivity contribution < 1.29 is 14.3 Å². The number of nitrogens with zero attached hydrogens (tertiary/aromatic N) is 1. The molecule has 1 unspecified atom stereocenters. The lowest BCUT2D eigenvalue weighted by Gasteiger charge is -2.14. The Hall–Kier alpha value is -1.75. The van der Waals surface area contributed by atoms with Crippen molar-refractivity contribution in [3.05, 3.63) is 23.2 Å². The summed E-state index contributed by atoms with van der Waals surface area (Å²) in [7, 11) is 1.49. The van der Waals surface area contributed by atoms with Crippen LogP contribution < -0.4 is 10.1 Å². The second-order valence-corrected chi connectivity index (χ2v) is 5.09. The minimum Gasteiger partial charge on any atom is -0.492 e. The molecule has 5 nitrogen and oxygen atoms in total. The van der Waals surface area contributed by atoms with Crippen molar-refractivity contribution in [2.24, 2.45) is 0 Å². The van der Waals surface area contributed by atoms with Crippen LogP contribution in [0.5, 0.6) is 5.75 Å². The third-order valence-electron chi connectivity index (χ3n) is 3.12. The summed E-state index contributed by atoms with van der Waals surface area (Å²) >= 11 is 6.12. The highest BCUT2D eigenvalue weighted by atomic mass is 35.5. The van der Waals surface area contributed by atoms with E-state index in [2.05, 4.69) is 5.32 Å². The van der Waals surface area contributed by atoms with E-state index in [1.807, 2.05) is 6.92 Å². The van der Waals surface area contributed by atoms with Crippen LogP contribution in [0.3, 0.4) is 0 Å². The number of amides is 2. The molecule has 20 heavy (non-hydrogen) atoms. The van der Waals surface area contributed by atoms with Crippen LogP contribution in [0.1, 0.15) is 19.8 Å². The van der Waals surface area contributed by atoms with Gasteiger partial charge in [-0.2, -0.15) is 0 Å². The largest absolute Gasteiger partial charge is 0.492 e. The molecule has 1 aliphatic rings. The number of ether oxygens (including phenoxy) is 1. The van der Waals surface area contributed by atoms with E-state index >= 15 is 0 Å². The molecule has 0 bridgehead atoms. The summed E-state index contributed by atoms with van der Waals surface area (Å²) in [6, 6.07) is 4.71. The maximum Gasteiger partial charge on any atom is 0.251 e. The highest BCUT2D eigenvalue weighted by Crippen LogP contribution is 2.29. The maximum absolute atomic E-state index is 11.8. The minimum absolute atomic E-state index is 0.168. The highest BCUT2D eigenvalue weighted by molar-refractivity contribution is 6.32. The van der Waals surface area contributed by atoms with Crippen LogP contribution in [-0.4, -0.2) is 36.4 Å². The van der Waals surface area contributed by atoms with Crippen molar-refractivity contribution in [2.45, 2.75) is 25.8 Å². The van der Waals surface area contributed by atoms with E-state index in [9.17, 15) is 9.59 Å². The molecule has 0 saturated carbocycles. The molecule has 2 amide bonds. The van der Waals surface area contributed by atoms with Gasteiger partial charge in [-0.1, -0.05) is 18.5 Å². The molecule has 1 heterocycles. The third-order valence-corrected chi connectivity index (χ3v) is 3.41. The van der Waals surface area contributed by atoms with Gasteiger partial charge in [0.05, 0.1) is 18.1 Å². The smallest absolute Gasteiger partial charge is 0.251 e. The molecule has 2 rings (SSSR count). The van der Waals surface area contributed by atoms with Gasteiger partial charge in [-0.3, -0.25) is 14.5 Å². The van der Waals surface area contributed by atoms with Gasteiger partial charge in [0.15, 0.2) is 0 Å². The number of likely N-dealkylation sites (tertiary alicyclic amines) is 1. The van der Waals surface area contributed by atoms with Crippen LogP contribution in [0.4, 0.5) is 5.69 Å². The zero-order chi connectivity index (χ0) is 14.7. The lowest BCUT2D eigenvalue weighted by molar-refractivity contribution is -0.136. The summed E-state index contributed by atoms with van der Waals surface area (Å²) in [6.45, 7) is 2.62. The van der Waals surface area contributed by atoms with E-state index in [-0.39, 0.29) is 18.2 Å². The number of benzene rings is 1. The summed E-state index contributed by atoms with van der Waals surface area (Å²) in [6.07, 6.45) is 1.07. The molecule has 108 valence electrons. The highest BCUT2D eigenvalue weighted by Gasteiger charge is 2.35. The molecule has 1 fully saturated rings. The van der Waals surface area contributed by atoms with E-state index in [0.717, 1.165) is 11.3 Å². The quantitative estimate of drug-likeness (QED) is 0.847. The first kappa shape index (κ1) is 14.7. The summed E-state index contributed by atoms with van der Waals surface area (Å²) in [5.41, 5.74) is 0.695. The number of hydrogen-bond donors (Lipinski definition) is 1. The summed E-state index contributed by atoms with van der Waals surface area (Å²) in [4.78, 5) is 24.4. The minimum atomic E-state index is -0.522. The van der Waals surface area contributed by atoms with Crippen LogP contribution in [0.25, 0.3) is 0 Å². The molecule has 1 aromatic carbocycles. The average molecular weight is 297 g/mol. The van der Waals surface area contributed by atoms with Gasteiger partial charge in [-0.25, -0.2) is 0 Å². The van der Waals surface area contributed by atoms with Crippen LogP contribution >= 0.6 is 11.6 Å². The summed E-state index contributed by atoms with van der Waals surface area (Å²) in [5, 5.41) is 3.50. The van der Waals surface area contributed by atoms with E-state index in [1.54, 1.807) is 18.2 Å². The number of anilines is 1. The Kier molecular flexibility index (Phi) is 4.49. The van der Waals surface area contributed by atoms with Crippen LogP contribution in [0, 0.1) is 0 Å². The number of hydrogen-bond acceptors (Lipinski definition) is 4. The maximum atomic E-state index is 11.8. The van der Waals surface area contributed by atoms with Crippen LogP contribution in [0.15, 0.2) is 18.2 Å². The molecule has 1 aromatic rings. The normalized spacial score (nSPS) is 18.6. The monoisotopic (exact) mass is 296 g/mol. The Morgan fingerprint density at radius 1 is 1.45 bits per heavy atom. The molecular weight excluding hydrogens is 280 g/mol. The number of carbonyl (C=O) groups is 2. The topological polar surface area (TPSA) is 58.6 Å². The fourth-order valence-electron chi connectivity index (χ4n) is 1.99. The lowest BCUT2D eigenvalue weighted by Crippen LogP contribution is -2.31. The number of likely N-dealkylation sites (N-methyl/N-ethyl adjacent to an activating group) is 1. The van der Waals surface area contributed by atoms with Gasteiger partial charge in [0, 0.05) is 12.7 Å². The molecule has 1 saturated heterocycles. The van der Waals surface area contributed by atoms with Crippen molar-refractivity contribution in [1.29, 1.82) is 0 Å². The fourth-order valence-corrected chi connectivity index (χ4v) is 2.22. The van der Waals surface area contributed by atoms with E-state index in [0.29, 0.717) is 23.1 Å². The average Bonchev–Trinajstić information content (AvgIpc) is 2.65. The predicted octanol–water partition coefficient (Wildman–Crippen LogP) is 2.30. The van der Waals surface area contributed by atoms with Crippen molar-refractivity contribution in [2.75, 3.05) is 19.0 Å². The van der Waals surface area contributed by atoms with Crippen molar-refractivity contribution in [3.63, 3.8) is 0 Å². The van der Waals surface area contributed by atoms with Crippen molar-refractivity contribution in [1.82, 2.24) is 4.90 Å². The Labute approximate surface area is 122 Å². The number of nitrogens with one attached hydrogen (secondary N) is 1. The molecule has 6 heteroatoms. The Morgan fingerprint density at radius 3 is 2.75 bits per heavy atom. The second kappa shape index (κ2) is 6.13. The Bertz CT molecular complexity index is 533. The molecule has 0 aromatic heterocycles. The van der Waals surface area contributed by atoms with E-state index in [1.165, 1.54) is 7.05 Å². The Balaban J connectivity index is 2.06. The molecule has 1 atom stereocenters. The lowest BCUT2D eigenvalue weighted by atomic mass is 10.2. The first-order valence-electron chi connectivity index (χ1n) is 6.52. The Morgan fingerprint density at radius 2 is 2.20 bits per heavy atom. The van der Waals surface area contributed by atoms with Gasteiger partial charge in [-0.05, 0) is 24.6 Å². The van der Waals surface area contributed by atoms with Gasteiger partial charge in [0.1, 0.15) is 11.8 Å². The molecule has 0 aliphatic carbocycles. The molecule has 1 N–H and O–H groups in total. The standard InChI is InChI=1S/C14H17ClN2O3/c1-3-6-20-12-5-4-9(7-10(12)15)16-11-8-13(18)17(2)14(11)19/h4-5,7,11,16H,3,6,8H2,1-2H3. The number of halogens is 1. The van der Waals surface area contributed by atoms with Gasteiger partial charge in [-0.15, -0.1) is 0 Å².